The van der Waals surface area contributed by atoms with Crippen molar-refractivity contribution in [3.63, 3.8) is 0 Å². The molecular weight excluding hydrogens is 278 g/mol. The largest absolute Gasteiger partial charge is 0.396 e. The predicted octanol–water partition coefficient (Wildman–Crippen LogP) is 1.83. The second kappa shape index (κ2) is 5.54. The Morgan fingerprint density at radius 3 is 3.10 bits per heavy atom. The molecule has 0 spiro atoms. The topological polar surface area (TPSA) is 66.5 Å². The van der Waals surface area contributed by atoms with E-state index in [1.165, 1.54) is 12.7 Å². The zero-order valence-corrected chi connectivity index (χ0v) is 12.2. The van der Waals surface area contributed by atoms with Crippen LogP contribution in [0, 0.1) is 6.92 Å². The quantitative estimate of drug-likeness (QED) is 0.875. The maximum Gasteiger partial charge on any atom is 0.255 e. The zero-order chi connectivity index (χ0) is 14.1. The van der Waals surface area contributed by atoms with Gasteiger partial charge < -0.3 is 10.0 Å². The number of fused-ring (bicyclic) bond motifs is 1. The molecule has 0 aliphatic carbocycles. The van der Waals surface area contributed by atoms with Crippen LogP contribution in [0.1, 0.15) is 31.2 Å². The Balaban J connectivity index is 2.11. The summed E-state index contributed by atoms with van der Waals surface area (Å²) in [6, 6.07) is 0.318. The minimum Gasteiger partial charge on any atom is -0.396 e. The van der Waals surface area contributed by atoms with Crippen molar-refractivity contribution in [1.82, 2.24) is 19.6 Å². The van der Waals surface area contributed by atoms with Gasteiger partial charge in [-0.2, -0.15) is 19.6 Å². The maximum atomic E-state index is 9.28. The third kappa shape index (κ3) is 2.23. The Bertz CT molecular complexity index is 612. The van der Waals surface area contributed by atoms with Gasteiger partial charge in [0.1, 0.15) is 17.3 Å². The van der Waals surface area contributed by atoms with Gasteiger partial charge in [-0.05, 0) is 32.6 Å². The number of halogens is 1. The van der Waals surface area contributed by atoms with Crippen LogP contribution in [0.4, 0.5) is 5.82 Å². The Morgan fingerprint density at radius 1 is 1.45 bits per heavy atom. The summed E-state index contributed by atoms with van der Waals surface area (Å²) in [5, 5.41) is 14.0. The lowest BCUT2D eigenvalue weighted by Gasteiger charge is -2.38. The molecule has 0 amide bonds. The van der Waals surface area contributed by atoms with Gasteiger partial charge in [0, 0.05) is 24.8 Å². The number of aliphatic hydroxyl groups is 1. The summed E-state index contributed by atoms with van der Waals surface area (Å²) >= 11 is 6.23. The molecule has 2 aromatic rings. The van der Waals surface area contributed by atoms with Gasteiger partial charge in [0.2, 0.25) is 0 Å². The van der Waals surface area contributed by atoms with Crippen molar-refractivity contribution >= 4 is 23.2 Å². The van der Waals surface area contributed by atoms with E-state index in [-0.39, 0.29) is 6.61 Å². The Kier molecular flexibility index (Phi) is 3.76. The van der Waals surface area contributed by atoms with Crippen LogP contribution in [-0.2, 0) is 0 Å². The molecule has 2 aromatic heterocycles. The SMILES string of the molecule is Cc1c(Cl)nc2ncnn2c1N1CCCCC1CCO. The van der Waals surface area contributed by atoms with Gasteiger partial charge in [0.15, 0.2) is 0 Å². The van der Waals surface area contributed by atoms with E-state index in [1.54, 1.807) is 4.52 Å². The molecule has 0 aromatic carbocycles. The van der Waals surface area contributed by atoms with E-state index < -0.39 is 0 Å². The fraction of sp³-hybridized carbons (Fsp3) is 0.615. The first kappa shape index (κ1) is 13.6. The first-order chi connectivity index (χ1) is 9.72. The van der Waals surface area contributed by atoms with Crippen molar-refractivity contribution in [1.29, 1.82) is 0 Å². The highest BCUT2D eigenvalue weighted by Crippen LogP contribution is 2.31. The van der Waals surface area contributed by atoms with Crippen LogP contribution in [0.15, 0.2) is 6.33 Å². The second-order valence-corrected chi connectivity index (χ2v) is 5.54. The molecule has 1 fully saturated rings. The number of piperidine rings is 1. The van der Waals surface area contributed by atoms with Crippen molar-refractivity contribution < 1.29 is 5.11 Å². The van der Waals surface area contributed by atoms with Gasteiger partial charge in [-0.15, -0.1) is 0 Å². The number of nitrogens with zero attached hydrogens (tertiary/aromatic N) is 5. The van der Waals surface area contributed by atoms with Crippen molar-refractivity contribution in [2.24, 2.45) is 0 Å². The highest BCUT2D eigenvalue weighted by molar-refractivity contribution is 6.30. The van der Waals surface area contributed by atoms with Crippen molar-refractivity contribution in [3.05, 3.63) is 17.0 Å². The summed E-state index contributed by atoms with van der Waals surface area (Å²) in [7, 11) is 0. The molecule has 1 N–H and O–H groups in total. The number of hydrogen-bond donors (Lipinski definition) is 1. The van der Waals surface area contributed by atoms with E-state index in [0.29, 0.717) is 17.0 Å². The lowest BCUT2D eigenvalue weighted by atomic mass is 9.99. The molecule has 1 aliphatic rings. The number of rotatable bonds is 3. The van der Waals surface area contributed by atoms with Crippen molar-refractivity contribution in [3.8, 4) is 0 Å². The highest BCUT2D eigenvalue weighted by atomic mass is 35.5. The smallest absolute Gasteiger partial charge is 0.255 e. The average Bonchev–Trinajstić information content (AvgIpc) is 2.89. The molecule has 20 heavy (non-hydrogen) atoms. The number of anilines is 1. The highest BCUT2D eigenvalue weighted by Gasteiger charge is 2.27. The van der Waals surface area contributed by atoms with Gasteiger partial charge in [-0.3, -0.25) is 0 Å². The third-order valence-electron chi connectivity index (χ3n) is 3.93. The molecule has 1 aliphatic heterocycles. The average molecular weight is 296 g/mol. The molecular formula is C13H18ClN5O. The molecule has 1 saturated heterocycles. The van der Waals surface area contributed by atoms with E-state index in [9.17, 15) is 5.11 Å². The predicted molar refractivity (Wildman–Crippen MR) is 77.2 cm³/mol. The van der Waals surface area contributed by atoms with Crippen LogP contribution in [0.3, 0.4) is 0 Å². The van der Waals surface area contributed by atoms with Crippen LogP contribution in [0.25, 0.3) is 5.78 Å². The fourth-order valence-electron chi connectivity index (χ4n) is 2.95. The molecule has 0 radical (unpaired) electrons. The van der Waals surface area contributed by atoms with Crippen molar-refractivity contribution in [2.75, 3.05) is 18.1 Å². The summed E-state index contributed by atoms with van der Waals surface area (Å²) < 4.78 is 1.75. The van der Waals surface area contributed by atoms with Crippen LogP contribution >= 0.6 is 11.6 Å². The molecule has 1 unspecified atom stereocenters. The monoisotopic (exact) mass is 295 g/mol. The summed E-state index contributed by atoms with van der Waals surface area (Å²) in [6.45, 7) is 3.09. The summed E-state index contributed by atoms with van der Waals surface area (Å²) in [6.07, 6.45) is 5.66. The molecule has 3 heterocycles. The normalized spacial score (nSPS) is 19.8. The lowest BCUT2D eigenvalue weighted by Crippen LogP contribution is -2.41. The third-order valence-corrected chi connectivity index (χ3v) is 4.30. The Labute approximate surface area is 122 Å². The van der Waals surface area contributed by atoms with Gasteiger partial charge in [0.25, 0.3) is 5.78 Å². The van der Waals surface area contributed by atoms with Crippen LogP contribution in [-0.4, -0.2) is 43.9 Å². The van der Waals surface area contributed by atoms with E-state index in [4.69, 9.17) is 11.6 Å². The summed E-state index contributed by atoms with van der Waals surface area (Å²) in [4.78, 5) is 10.7. The van der Waals surface area contributed by atoms with E-state index >= 15 is 0 Å². The van der Waals surface area contributed by atoms with Gasteiger partial charge in [-0.1, -0.05) is 11.6 Å². The number of hydrogen-bond acceptors (Lipinski definition) is 5. The molecule has 0 saturated carbocycles. The Hall–Kier alpha value is -1.40. The minimum absolute atomic E-state index is 0.194. The van der Waals surface area contributed by atoms with Crippen LogP contribution in [0.2, 0.25) is 5.15 Å². The maximum absolute atomic E-state index is 9.28. The second-order valence-electron chi connectivity index (χ2n) is 5.18. The summed E-state index contributed by atoms with van der Waals surface area (Å²) in [5.41, 5.74) is 0.912. The molecule has 0 bridgehead atoms. The van der Waals surface area contributed by atoms with Gasteiger partial charge in [0.05, 0.1) is 0 Å². The molecule has 3 rings (SSSR count). The molecule has 6 nitrogen and oxygen atoms in total. The zero-order valence-electron chi connectivity index (χ0n) is 11.5. The number of aliphatic hydroxyl groups excluding tert-OH is 1. The number of aromatic nitrogens is 4. The first-order valence-corrected chi connectivity index (χ1v) is 7.33. The lowest BCUT2D eigenvalue weighted by molar-refractivity contribution is 0.262. The minimum atomic E-state index is 0.194. The molecule has 1 atom stereocenters. The van der Waals surface area contributed by atoms with Crippen molar-refractivity contribution in [2.45, 2.75) is 38.6 Å². The fourth-order valence-corrected chi connectivity index (χ4v) is 3.11. The molecule has 108 valence electrons. The Morgan fingerprint density at radius 2 is 2.30 bits per heavy atom. The first-order valence-electron chi connectivity index (χ1n) is 6.95. The van der Waals surface area contributed by atoms with Crippen LogP contribution < -0.4 is 4.90 Å². The van der Waals surface area contributed by atoms with Gasteiger partial charge in [-0.25, -0.2) is 0 Å². The van der Waals surface area contributed by atoms with E-state index in [2.05, 4.69) is 20.0 Å². The van der Waals surface area contributed by atoms with Crippen LogP contribution in [0.5, 0.6) is 0 Å². The van der Waals surface area contributed by atoms with Gasteiger partial charge >= 0.3 is 0 Å². The van der Waals surface area contributed by atoms with E-state index in [1.807, 2.05) is 6.92 Å². The summed E-state index contributed by atoms with van der Waals surface area (Å²) in [5.74, 6) is 1.47. The van der Waals surface area contributed by atoms with E-state index in [0.717, 1.165) is 37.2 Å². The molecule has 7 heteroatoms. The standard InChI is InChI=1S/C13H18ClN5O/c1-9-11(14)17-13-15-8-16-19(13)12(9)18-6-3-2-4-10(18)5-7-20/h8,10,20H,2-7H2,1H3.